The van der Waals surface area contributed by atoms with Crippen molar-refractivity contribution in [3.63, 3.8) is 0 Å². The monoisotopic (exact) mass is 493 g/mol. The van der Waals surface area contributed by atoms with Gasteiger partial charge in [0.25, 0.3) is 0 Å². The smallest absolute Gasteiger partial charge is 0.246 e. The van der Waals surface area contributed by atoms with E-state index in [-0.39, 0.29) is 18.6 Å². The number of aliphatic hydroxyl groups excluding tert-OH is 1. The maximum absolute atomic E-state index is 13.4. The Kier molecular flexibility index (Phi) is 7.48. The number of carbonyl (C=O) groups excluding carboxylic acids is 1. The van der Waals surface area contributed by atoms with Gasteiger partial charge in [0.05, 0.1) is 6.61 Å². The van der Waals surface area contributed by atoms with E-state index >= 15 is 0 Å². The van der Waals surface area contributed by atoms with Crippen LogP contribution in [0.2, 0.25) is 0 Å². The predicted molar refractivity (Wildman–Crippen MR) is 137 cm³/mol. The van der Waals surface area contributed by atoms with E-state index in [9.17, 15) is 18.7 Å². The van der Waals surface area contributed by atoms with Crippen molar-refractivity contribution in [3.05, 3.63) is 77.5 Å². The molecule has 2 aliphatic rings. The van der Waals surface area contributed by atoms with E-state index in [0.29, 0.717) is 30.5 Å². The second-order valence-electron chi connectivity index (χ2n) is 10.0. The predicted octanol–water partition coefficient (Wildman–Crippen LogP) is 4.94. The van der Waals surface area contributed by atoms with E-state index in [1.165, 1.54) is 40.8 Å². The van der Waals surface area contributed by atoms with Gasteiger partial charge in [-0.1, -0.05) is 18.2 Å². The number of aromatic nitrogens is 1. The zero-order valence-corrected chi connectivity index (χ0v) is 20.4. The standard InChI is InChI=1S/C29H33F2N3O2/c30-23-15-20(16-24(31)17-23)5-6-29(36)34-13-9-22(10-14-34)28(19-35)33-11-7-21(8-12-33)26-18-32-27-4-2-1-3-25(26)27/h1-6,15-18,21-22,28,32,35H,7-14,19H2/b6-5+. The maximum atomic E-state index is 13.4. The van der Waals surface area contributed by atoms with E-state index in [0.717, 1.165) is 44.8 Å². The van der Waals surface area contributed by atoms with Gasteiger partial charge in [0.15, 0.2) is 0 Å². The molecular weight excluding hydrogens is 460 g/mol. The van der Waals surface area contributed by atoms with Crippen LogP contribution >= 0.6 is 0 Å². The lowest BCUT2D eigenvalue weighted by Gasteiger charge is -2.43. The summed E-state index contributed by atoms with van der Waals surface area (Å²) in [6.07, 6.45) is 8.80. The molecule has 2 N–H and O–H groups in total. The lowest BCUT2D eigenvalue weighted by molar-refractivity contribution is -0.127. The van der Waals surface area contributed by atoms with Gasteiger partial charge in [-0.05, 0) is 86.0 Å². The zero-order chi connectivity index (χ0) is 25.1. The summed E-state index contributed by atoms with van der Waals surface area (Å²) in [5, 5.41) is 11.6. The van der Waals surface area contributed by atoms with Crippen LogP contribution in [0.5, 0.6) is 0 Å². The molecule has 3 aromatic rings. The molecule has 1 aromatic heterocycles. The molecule has 5 nitrogen and oxygen atoms in total. The fraction of sp³-hybridized carbons (Fsp3) is 0.414. The average molecular weight is 494 g/mol. The number of piperidine rings is 2. The minimum atomic E-state index is -0.663. The Labute approximate surface area is 210 Å². The molecule has 2 aliphatic heterocycles. The number of likely N-dealkylation sites (tertiary alicyclic amines) is 2. The minimum Gasteiger partial charge on any atom is -0.395 e. The molecule has 5 rings (SSSR count). The van der Waals surface area contributed by atoms with Crippen LogP contribution in [-0.4, -0.2) is 64.6 Å². The summed E-state index contributed by atoms with van der Waals surface area (Å²) in [6, 6.07) is 11.8. The molecular formula is C29H33F2N3O2. The Morgan fingerprint density at radius 1 is 1.03 bits per heavy atom. The fourth-order valence-electron chi connectivity index (χ4n) is 5.99. The summed E-state index contributed by atoms with van der Waals surface area (Å²) in [7, 11) is 0. The summed E-state index contributed by atoms with van der Waals surface area (Å²) in [5.41, 5.74) is 2.90. The first-order valence-corrected chi connectivity index (χ1v) is 12.9. The van der Waals surface area contributed by atoms with E-state index < -0.39 is 11.6 Å². The number of aromatic amines is 1. The lowest BCUT2D eigenvalue weighted by atomic mass is 9.84. The zero-order valence-electron chi connectivity index (χ0n) is 20.4. The summed E-state index contributed by atoms with van der Waals surface area (Å²) < 4.78 is 26.7. The Balaban J connectivity index is 1.14. The number of aliphatic hydroxyl groups is 1. The fourth-order valence-corrected chi connectivity index (χ4v) is 5.99. The molecule has 36 heavy (non-hydrogen) atoms. The number of halogens is 2. The van der Waals surface area contributed by atoms with Gasteiger partial charge in [-0.15, -0.1) is 0 Å². The number of fused-ring (bicyclic) bond motifs is 1. The van der Waals surface area contributed by atoms with Crippen LogP contribution in [0.25, 0.3) is 17.0 Å². The van der Waals surface area contributed by atoms with Gasteiger partial charge in [-0.25, -0.2) is 8.78 Å². The molecule has 190 valence electrons. The molecule has 2 fully saturated rings. The molecule has 1 amide bonds. The number of carbonyl (C=O) groups is 1. The Morgan fingerprint density at radius 3 is 2.42 bits per heavy atom. The van der Waals surface area contributed by atoms with Crippen LogP contribution in [0.1, 0.15) is 42.7 Å². The summed E-state index contributed by atoms with van der Waals surface area (Å²) in [5.74, 6) is -0.621. The highest BCUT2D eigenvalue weighted by Crippen LogP contribution is 2.35. The third-order valence-corrected chi connectivity index (χ3v) is 7.95. The average Bonchev–Trinajstić information content (AvgIpc) is 3.32. The van der Waals surface area contributed by atoms with E-state index in [2.05, 4.69) is 40.3 Å². The largest absolute Gasteiger partial charge is 0.395 e. The molecule has 0 radical (unpaired) electrons. The van der Waals surface area contributed by atoms with Gasteiger partial charge >= 0.3 is 0 Å². The molecule has 0 spiro atoms. The quantitative estimate of drug-likeness (QED) is 0.479. The van der Waals surface area contributed by atoms with Crippen LogP contribution in [0, 0.1) is 17.6 Å². The summed E-state index contributed by atoms with van der Waals surface area (Å²) in [4.78, 5) is 20.2. The van der Waals surface area contributed by atoms with Crippen molar-refractivity contribution in [1.82, 2.24) is 14.8 Å². The van der Waals surface area contributed by atoms with Crippen LogP contribution in [0.15, 0.2) is 54.7 Å². The number of nitrogens with one attached hydrogen (secondary N) is 1. The molecule has 0 aliphatic carbocycles. The number of benzene rings is 2. The molecule has 1 atom stereocenters. The van der Waals surface area contributed by atoms with Gasteiger partial charge < -0.3 is 15.0 Å². The Hall–Kier alpha value is -3.03. The normalized spacial score (nSPS) is 19.4. The molecule has 7 heteroatoms. The maximum Gasteiger partial charge on any atom is 0.246 e. The highest BCUT2D eigenvalue weighted by Gasteiger charge is 2.33. The van der Waals surface area contributed by atoms with Gasteiger partial charge in [-0.2, -0.15) is 0 Å². The summed E-state index contributed by atoms with van der Waals surface area (Å²) in [6.45, 7) is 3.28. The van der Waals surface area contributed by atoms with E-state index in [4.69, 9.17) is 0 Å². The number of para-hydroxylation sites is 1. The Morgan fingerprint density at radius 2 is 1.72 bits per heavy atom. The first-order valence-electron chi connectivity index (χ1n) is 12.9. The summed E-state index contributed by atoms with van der Waals surface area (Å²) >= 11 is 0. The molecule has 1 unspecified atom stereocenters. The van der Waals surface area contributed by atoms with Gasteiger partial charge in [-0.3, -0.25) is 9.69 Å². The molecule has 2 saturated heterocycles. The highest BCUT2D eigenvalue weighted by atomic mass is 19.1. The first-order chi connectivity index (χ1) is 17.5. The van der Waals surface area contributed by atoms with Crippen molar-refractivity contribution in [1.29, 1.82) is 0 Å². The first kappa shape index (κ1) is 24.7. The third kappa shape index (κ3) is 5.37. The number of H-pyrrole nitrogens is 1. The molecule has 0 saturated carbocycles. The van der Waals surface area contributed by atoms with E-state index in [1.54, 1.807) is 4.90 Å². The second-order valence-corrected chi connectivity index (χ2v) is 10.0. The lowest BCUT2D eigenvalue weighted by Crippen LogP contribution is -2.50. The number of hydrogen-bond donors (Lipinski definition) is 2. The van der Waals surface area contributed by atoms with Crippen LogP contribution in [0.4, 0.5) is 8.78 Å². The molecule has 0 bridgehead atoms. The Bertz CT molecular complexity index is 1200. The number of amides is 1. The van der Waals surface area contributed by atoms with Gasteiger partial charge in [0.1, 0.15) is 11.6 Å². The van der Waals surface area contributed by atoms with Crippen LogP contribution < -0.4 is 0 Å². The van der Waals surface area contributed by atoms with Crippen LogP contribution in [-0.2, 0) is 4.79 Å². The molecule has 3 heterocycles. The number of rotatable bonds is 6. The van der Waals surface area contributed by atoms with Crippen molar-refractivity contribution in [2.75, 3.05) is 32.8 Å². The van der Waals surface area contributed by atoms with Crippen molar-refractivity contribution < 1.29 is 18.7 Å². The van der Waals surface area contributed by atoms with E-state index in [1.807, 2.05) is 0 Å². The van der Waals surface area contributed by atoms with Gasteiger partial charge in [0.2, 0.25) is 5.91 Å². The van der Waals surface area contributed by atoms with Crippen molar-refractivity contribution >= 4 is 22.9 Å². The number of hydrogen-bond acceptors (Lipinski definition) is 3. The van der Waals surface area contributed by atoms with Crippen molar-refractivity contribution in [3.8, 4) is 0 Å². The van der Waals surface area contributed by atoms with Gasteiger partial charge in [0, 0.05) is 48.4 Å². The highest BCUT2D eigenvalue weighted by molar-refractivity contribution is 5.91. The third-order valence-electron chi connectivity index (χ3n) is 7.95. The minimum absolute atomic E-state index is 0.108. The SMILES string of the molecule is O=C(/C=C/c1cc(F)cc(F)c1)N1CCC(C(CO)N2CCC(c3c[nH]c4ccccc34)CC2)CC1. The number of nitrogens with zero attached hydrogens (tertiary/aromatic N) is 2. The molecule has 2 aromatic carbocycles. The van der Waals surface area contributed by atoms with Crippen molar-refractivity contribution in [2.45, 2.75) is 37.6 Å². The topological polar surface area (TPSA) is 59.6 Å². The second kappa shape index (κ2) is 10.9. The van der Waals surface area contributed by atoms with Crippen LogP contribution in [0.3, 0.4) is 0 Å². The van der Waals surface area contributed by atoms with Crippen molar-refractivity contribution in [2.24, 2.45) is 5.92 Å².